The van der Waals surface area contributed by atoms with Crippen LogP contribution in [0.3, 0.4) is 0 Å². The van der Waals surface area contributed by atoms with Gasteiger partial charge in [0.25, 0.3) is 5.91 Å². The summed E-state index contributed by atoms with van der Waals surface area (Å²) in [5, 5.41) is 17.9. The molecule has 3 amide bonds. The number of carbonyl (C=O) groups is 3. The number of hydrogen-bond acceptors (Lipinski definition) is 7. The number of fused-ring (bicyclic) bond motifs is 2. The van der Waals surface area contributed by atoms with Gasteiger partial charge >= 0.3 is 0 Å². The molecular formula is C44H51ClN4O6Si. The maximum atomic E-state index is 15.2. The molecule has 0 aliphatic carbocycles. The first-order chi connectivity index (χ1) is 27.0. The van der Waals surface area contributed by atoms with Gasteiger partial charge in [0.05, 0.1) is 52.6 Å². The molecule has 0 radical (unpaired) electrons. The summed E-state index contributed by atoms with van der Waals surface area (Å²) < 4.78 is 12.7. The third-order valence-corrected chi connectivity index (χ3v) is 16.6. The number of aliphatic hydroxyl groups excluding tert-OH is 1. The Labute approximate surface area is 335 Å². The standard InChI is InChI=1S/C44H51ClN4O6Si/c1-29-41(56(3,4)35-19-17-34(54-2)18-20-35)39(26-40(51)48(23-24-50)27-30-9-6-5-7-10-30)55-44(29)36-25-32(45)14-21-38(36)49(43(44)53)28-31-12-15-33(16-13-31)47-42(52)37-11-8-22-46-37/h5-7,9-10,12-21,25,29,37,39,41,46,50H,8,11,22-24,26-28H2,1-4H3,(H,47,52)/t29-,37+,39+,41-,44+/m0/s1. The van der Waals surface area contributed by atoms with E-state index < -0.39 is 19.8 Å². The van der Waals surface area contributed by atoms with E-state index in [1.54, 1.807) is 23.0 Å². The van der Waals surface area contributed by atoms with Gasteiger partial charge < -0.3 is 35.0 Å². The highest BCUT2D eigenvalue weighted by atomic mass is 35.5. The lowest BCUT2D eigenvalue weighted by Crippen LogP contribution is -2.52. The fourth-order valence-electron chi connectivity index (χ4n) is 9.17. The average Bonchev–Trinajstić information content (AvgIpc) is 3.90. The smallest absolute Gasteiger partial charge is 0.264 e. The van der Waals surface area contributed by atoms with Gasteiger partial charge in [-0.1, -0.05) is 91.4 Å². The summed E-state index contributed by atoms with van der Waals surface area (Å²) in [7, 11) is -0.886. The molecule has 7 rings (SSSR count). The van der Waals surface area contributed by atoms with Crippen molar-refractivity contribution < 1.29 is 29.0 Å². The molecule has 3 N–H and O–H groups in total. The van der Waals surface area contributed by atoms with Crippen molar-refractivity contribution in [1.29, 1.82) is 0 Å². The summed E-state index contributed by atoms with van der Waals surface area (Å²) in [4.78, 5) is 45.8. The molecule has 0 unspecified atom stereocenters. The SMILES string of the molecule is COc1ccc([Si](C)(C)[C@@H]2[C@@H](CC(=O)N(CCO)Cc3ccccc3)O[C@]3(C(=O)N(Cc4ccc(NC(=O)[C@H]5CCCN5)cc4)c4ccc(Cl)cc43)[C@H]2C)cc1. The minimum atomic E-state index is -2.53. The van der Waals surface area contributed by atoms with Crippen LogP contribution in [0.1, 0.15) is 42.9 Å². The molecule has 0 bridgehead atoms. The number of ether oxygens (including phenoxy) is 2. The van der Waals surface area contributed by atoms with Crippen LogP contribution < -0.4 is 25.5 Å². The minimum Gasteiger partial charge on any atom is -0.497 e. The number of nitrogens with one attached hydrogen (secondary N) is 2. The molecule has 4 aromatic rings. The van der Waals surface area contributed by atoms with E-state index in [-0.39, 0.29) is 61.3 Å². The van der Waals surface area contributed by atoms with Crippen molar-refractivity contribution in [3.8, 4) is 5.75 Å². The molecule has 294 valence electrons. The van der Waals surface area contributed by atoms with Crippen LogP contribution in [-0.2, 0) is 37.8 Å². The van der Waals surface area contributed by atoms with Crippen molar-refractivity contribution in [2.24, 2.45) is 5.92 Å². The molecule has 5 atom stereocenters. The van der Waals surface area contributed by atoms with Crippen LogP contribution in [-0.4, -0.2) is 74.8 Å². The molecule has 4 aromatic carbocycles. The highest BCUT2D eigenvalue weighted by Gasteiger charge is 2.66. The van der Waals surface area contributed by atoms with Gasteiger partial charge in [0, 0.05) is 35.3 Å². The topological polar surface area (TPSA) is 120 Å². The van der Waals surface area contributed by atoms with Crippen LogP contribution in [0.5, 0.6) is 5.75 Å². The van der Waals surface area contributed by atoms with E-state index in [0.29, 0.717) is 22.8 Å². The summed E-state index contributed by atoms with van der Waals surface area (Å²) in [6, 6.07) is 30.8. The molecule has 2 saturated heterocycles. The van der Waals surface area contributed by atoms with Gasteiger partial charge in [-0.3, -0.25) is 14.4 Å². The largest absolute Gasteiger partial charge is 0.497 e. The molecule has 3 heterocycles. The molecule has 1 spiro atoms. The highest BCUT2D eigenvalue weighted by Crippen LogP contribution is 2.60. The number of rotatable bonds is 13. The number of methoxy groups -OCH3 is 1. The normalized spacial score (nSPS) is 23.0. The Hall–Kier alpha value is -4.52. The number of benzene rings is 4. The molecule has 10 nitrogen and oxygen atoms in total. The van der Waals surface area contributed by atoms with Crippen LogP contribution in [0.25, 0.3) is 0 Å². The van der Waals surface area contributed by atoms with Crippen LogP contribution >= 0.6 is 11.6 Å². The molecule has 3 aliphatic heterocycles. The molecule has 2 fully saturated rings. The number of amides is 3. The van der Waals surface area contributed by atoms with Gasteiger partial charge in [0.15, 0.2) is 5.60 Å². The van der Waals surface area contributed by atoms with E-state index in [4.69, 9.17) is 21.1 Å². The fourth-order valence-corrected chi connectivity index (χ4v) is 13.4. The number of nitrogens with zero attached hydrogens (tertiary/aromatic N) is 2. The molecule has 56 heavy (non-hydrogen) atoms. The lowest BCUT2D eigenvalue weighted by molar-refractivity contribution is -0.150. The van der Waals surface area contributed by atoms with Gasteiger partial charge in [-0.15, -0.1) is 0 Å². The van der Waals surface area contributed by atoms with Crippen LogP contribution in [0, 0.1) is 5.92 Å². The lowest BCUT2D eigenvalue weighted by atomic mass is 9.82. The van der Waals surface area contributed by atoms with Crippen LogP contribution in [0.2, 0.25) is 23.7 Å². The summed E-state index contributed by atoms with van der Waals surface area (Å²) in [6.07, 6.45) is 1.23. The number of halogens is 1. The maximum Gasteiger partial charge on any atom is 0.264 e. The maximum absolute atomic E-state index is 15.2. The Morgan fingerprint density at radius 2 is 1.77 bits per heavy atom. The zero-order chi connectivity index (χ0) is 39.6. The summed E-state index contributed by atoms with van der Waals surface area (Å²) in [6.45, 7) is 8.12. The van der Waals surface area contributed by atoms with Gasteiger partial charge in [-0.2, -0.15) is 0 Å². The van der Waals surface area contributed by atoms with Crippen molar-refractivity contribution >= 4 is 54.0 Å². The fraction of sp³-hybridized carbons (Fsp3) is 0.386. The minimum absolute atomic E-state index is 0.0446. The second-order valence-corrected chi connectivity index (χ2v) is 20.9. The predicted molar refractivity (Wildman–Crippen MR) is 222 cm³/mol. The summed E-state index contributed by atoms with van der Waals surface area (Å²) in [5.41, 5.74) is 2.40. The Kier molecular flexibility index (Phi) is 11.7. The van der Waals surface area contributed by atoms with E-state index in [1.807, 2.05) is 78.9 Å². The van der Waals surface area contributed by atoms with Gasteiger partial charge in [0.1, 0.15) is 5.75 Å². The van der Waals surface area contributed by atoms with Crippen molar-refractivity contribution in [2.75, 3.05) is 37.0 Å². The monoisotopic (exact) mass is 794 g/mol. The lowest BCUT2D eigenvalue weighted by Gasteiger charge is -2.37. The Balaban J connectivity index is 1.23. The van der Waals surface area contributed by atoms with Crippen molar-refractivity contribution in [2.45, 2.75) is 75.7 Å². The molecule has 0 saturated carbocycles. The molecule has 0 aromatic heterocycles. The first-order valence-electron chi connectivity index (χ1n) is 19.5. The zero-order valence-electron chi connectivity index (χ0n) is 32.5. The van der Waals surface area contributed by atoms with E-state index in [2.05, 4.69) is 42.8 Å². The number of anilines is 2. The molecule has 12 heteroatoms. The van der Waals surface area contributed by atoms with Crippen molar-refractivity contribution in [3.63, 3.8) is 0 Å². The third kappa shape index (κ3) is 7.63. The number of hydrogen-bond donors (Lipinski definition) is 3. The van der Waals surface area contributed by atoms with E-state index in [9.17, 15) is 14.7 Å². The van der Waals surface area contributed by atoms with Crippen molar-refractivity contribution in [1.82, 2.24) is 10.2 Å². The van der Waals surface area contributed by atoms with E-state index in [1.165, 1.54) is 0 Å². The molecule has 3 aliphatic rings. The number of carbonyl (C=O) groups excluding carboxylic acids is 3. The number of aliphatic hydroxyl groups is 1. The predicted octanol–water partition coefficient (Wildman–Crippen LogP) is 6.21. The zero-order valence-corrected chi connectivity index (χ0v) is 34.2. The van der Waals surface area contributed by atoms with Crippen LogP contribution in [0.4, 0.5) is 11.4 Å². The van der Waals surface area contributed by atoms with E-state index in [0.717, 1.165) is 47.1 Å². The third-order valence-electron chi connectivity index (χ3n) is 12.1. The first kappa shape index (κ1) is 39.7. The van der Waals surface area contributed by atoms with Gasteiger partial charge in [0.2, 0.25) is 11.8 Å². The summed E-state index contributed by atoms with van der Waals surface area (Å²) in [5.74, 6) is 0.0351. The average molecular weight is 795 g/mol. The van der Waals surface area contributed by atoms with Crippen LogP contribution in [0.15, 0.2) is 97.1 Å². The van der Waals surface area contributed by atoms with Crippen molar-refractivity contribution in [3.05, 3.63) is 119 Å². The molecular weight excluding hydrogens is 744 g/mol. The Morgan fingerprint density at radius 1 is 1.04 bits per heavy atom. The Bertz CT molecular complexity index is 2040. The van der Waals surface area contributed by atoms with E-state index >= 15 is 4.79 Å². The first-order valence-corrected chi connectivity index (χ1v) is 22.9. The van der Waals surface area contributed by atoms with Gasteiger partial charge in [-0.25, -0.2) is 0 Å². The second-order valence-electron chi connectivity index (χ2n) is 15.8. The Morgan fingerprint density at radius 3 is 2.43 bits per heavy atom. The van der Waals surface area contributed by atoms with Gasteiger partial charge in [-0.05, 0) is 78.5 Å². The quantitative estimate of drug-likeness (QED) is 0.138. The summed E-state index contributed by atoms with van der Waals surface area (Å²) >= 11 is 6.71. The second kappa shape index (κ2) is 16.5. The highest BCUT2D eigenvalue weighted by molar-refractivity contribution is 6.91.